The minimum atomic E-state index is -1.08. The first-order chi connectivity index (χ1) is 14.9. The molecule has 9 heteroatoms. The van der Waals surface area contributed by atoms with E-state index in [-0.39, 0.29) is 25.2 Å². The van der Waals surface area contributed by atoms with Crippen LogP contribution in [0.3, 0.4) is 0 Å². The van der Waals surface area contributed by atoms with E-state index < -0.39 is 29.3 Å². The van der Waals surface area contributed by atoms with E-state index in [1.165, 1.54) is 12.0 Å². The fourth-order valence-corrected chi connectivity index (χ4v) is 4.56. The molecule has 0 N–H and O–H groups in total. The molecule has 1 aromatic heterocycles. The highest BCUT2D eigenvalue weighted by atomic mass is 35.5. The predicted octanol–water partition coefficient (Wildman–Crippen LogP) is 4.08. The monoisotopic (exact) mass is 460 g/mol. The molecule has 1 aromatic carbocycles. The van der Waals surface area contributed by atoms with Crippen molar-refractivity contribution >= 4 is 40.3 Å². The number of fused-ring (bicyclic) bond motifs is 3. The number of esters is 1. The van der Waals surface area contributed by atoms with Gasteiger partial charge in [0, 0.05) is 16.8 Å². The van der Waals surface area contributed by atoms with Crippen LogP contribution in [0, 0.1) is 6.92 Å². The molecule has 2 unspecified atom stereocenters. The fraction of sp³-hybridized carbons (Fsp3) is 0.478. The number of benzene rings is 1. The third kappa shape index (κ3) is 3.88. The van der Waals surface area contributed by atoms with Gasteiger partial charge in [-0.1, -0.05) is 11.6 Å². The highest BCUT2D eigenvalue weighted by molar-refractivity contribution is 6.31. The molecule has 2 atom stereocenters. The van der Waals surface area contributed by atoms with E-state index in [0.29, 0.717) is 32.9 Å². The Kier molecular flexibility index (Phi) is 5.32. The van der Waals surface area contributed by atoms with Crippen molar-refractivity contribution in [2.24, 2.45) is 0 Å². The number of halogens is 1. The van der Waals surface area contributed by atoms with Gasteiger partial charge in [-0.25, -0.2) is 14.6 Å². The number of rotatable bonds is 1. The number of ketones is 1. The van der Waals surface area contributed by atoms with Crippen LogP contribution in [0.15, 0.2) is 18.2 Å². The van der Waals surface area contributed by atoms with Crippen molar-refractivity contribution < 1.29 is 28.6 Å². The number of hydrogen-bond donors (Lipinski definition) is 0. The van der Waals surface area contributed by atoms with Crippen LogP contribution in [-0.4, -0.2) is 58.6 Å². The Labute approximate surface area is 190 Å². The number of pyridine rings is 1. The topological polar surface area (TPSA) is 95.0 Å². The van der Waals surface area contributed by atoms with E-state index in [1.807, 2.05) is 0 Å². The maximum atomic E-state index is 13.4. The molecule has 1 fully saturated rings. The molecule has 1 spiro atoms. The number of carbonyl (C=O) groups excluding carboxylic acids is 3. The van der Waals surface area contributed by atoms with Gasteiger partial charge >= 0.3 is 12.1 Å². The fourth-order valence-electron chi connectivity index (χ4n) is 4.38. The highest BCUT2D eigenvalue weighted by Gasteiger charge is 2.55. The Hall–Kier alpha value is -2.87. The average molecular weight is 461 g/mol. The minimum absolute atomic E-state index is 0.00212. The summed E-state index contributed by atoms with van der Waals surface area (Å²) in [6.07, 6.45) is -0.554. The van der Waals surface area contributed by atoms with Gasteiger partial charge in [-0.2, -0.15) is 0 Å². The molecule has 1 amide bonds. The lowest BCUT2D eigenvalue weighted by molar-refractivity contribution is -0.145. The van der Waals surface area contributed by atoms with E-state index in [1.54, 1.807) is 45.9 Å². The van der Waals surface area contributed by atoms with E-state index in [9.17, 15) is 14.4 Å². The van der Waals surface area contributed by atoms with Crippen LogP contribution in [-0.2, 0) is 14.3 Å². The van der Waals surface area contributed by atoms with E-state index >= 15 is 0 Å². The quantitative estimate of drug-likeness (QED) is 0.591. The maximum absolute atomic E-state index is 13.4. The standard InChI is InChI=1S/C23H25ClN2O6/c1-12-19-18(14-8-13(24)6-7-15(14)25-12)17(27)10-23(31-19)9-16(20(28)30-5)26(11-23)21(29)32-22(2,3)4/h6-8,16H,9-11H2,1-5H3. The lowest BCUT2D eigenvalue weighted by atomic mass is 9.86. The summed E-state index contributed by atoms with van der Waals surface area (Å²) < 4.78 is 16.8. The maximum Gasteiger partial charge on any atom is 0.411 e. The second-order valence-corrected chi connectivity index (χ2v) is 9.74. The lowest BCUT2D eigenvalue weighted by Gasteiger charge is -2.35. The first kappa shape index (κ1) is 22.3. The average Bonchev–Trinajstić information content (AvgIpc) is 3.05. The first-order valence-electron chi connectivity index (χ1n) is 10.3. The zero-order chi connectivity index (χ0) is 23.4. The smallest absolute Gasteiger partial charge is 0.411 e. The Morgan fingerprint density at radius 3 is 2.69 bits per heavy atom. The van der Waals surface area contributed by atoms with Gasteiger partial charge in [-0.15, -0.1) is 0 Å². The Balaban J connectivity index is 1.75. The van der Waals surface area contributed by atoms with E-state index in [4.69, 9.17) is 25.8 Å². The van der Waals surface area contributed by atoms with Gasteiger partial charge in [-0.05, 0) is 45.9 Å². The number of aryl methyl sites for hydroxylation is 1. The van der Waals surface area contributed by atoms with Crippen LogP contribution in [0.25, 0.3) is 10.9 Å². The third-order valence-corrected chi connectivity index (χ3v) is 5.89. The van der Waals surface area contributed by atoms with Crippen LogP contribution in [0.1, 0.15) is 49.7 Å². The molecule has 0 radical (unpaired) electrons. The van der Waals surface area contributed by atoms with Crippen molar-refractivity contribution in [2.75, 3.05) is 13.7 Å². The van der Waals surface area contributed by atoms with Crippen LogP contribution in [0.5, 0.6) is 5.75 Å². The van der Waals surface area contributed by atoms with Crippen molar-refractivity contribution in [3.05, 3.63) is 34.5 Å². The predicted molar refractivity (Wildman–Crippen MR) is 117 cm³/mol. The van der Waals surface area contributed by atoms with Crippen molar-refractivity contribution in [1.29, 1.82) is 0 Å². The molecule has 8 nitrogen and oxygen atoms in total. The molecule has 4 rings (SSSR count). The van der Waals surface area contributed by atoms with E-state index in [2.05, 4.69) is 4.98 Å². The van der Waals surface area contributed by atoms with Crippen LogP contribution >= 0.6 is 11.6 Å². The number of amides is 1. The Morgan fingerprint density at radius 1 is 1.31 bits per heavy atom. The highest BCUT2D eigenvalue weighted by Crippen LogP contribution is 2.45. The number of hydrogen-bond acceptors (Lipinski definition) is 7. The zero-order valence-corrected chi connectivity index (χ0v) is 19.4. The number of methoxy groups -OCH3 is 1. The van der Waals surface area contributed by atoms with E-state index in [0.717, 1.165) is 0 Å². The van der Waals surface area contributed by atoms with Crippen molar-refractivity contribution in [3.8, 4) is 5.75 Å². The number of likely N-dealkylation sites (tertiary alicyclic amines) is 1. The normalized spacial score (nSPS) is 22.6. The second kappa shape index (κ2) is 7.62. The molecular weight excluding hydrogens is 436 g/mol. The SMILES string of the molecule is COC(=O)C1CC2(CC(=O)c3c(c(C)nc4ccc(Cl)cc34)O2)CN1C(=O)OC(C)(C)C. The number of aromatic nitrogens is 1. The Bertz CT molecular complexity index is 1140. The van der Waals surface area contributed by atoms with Crippen molar-refractivity contribution in [2.45, 2.75) is 57.8 Å². The molecule has 2 aliphatic rings. The molecule has 32 heavy (non-hydrogen) atoms. The first-order valence-corrected chi connectivity index (χ1v) is 10.7. The van der Waals surface area contributed by atoms with Gasteiger partial charge in [0.05, 0.1) is 36.8 Å². The summed E-state index contributed by atoms with van der Waals surface area (Å²) in [5, 5.41) is 1.10. The van der Waals surface area contributed by atoms with Gasteiger partial charge in [0.25, 0.3) is 0 Å². The molecular formula is C23H25ClN2O6. The van der Waals surface area contributed by atoms with Gasteiger partial charge in [0.15, 0.2) is 11.5 Å². The molecule has 1 saturated heterocycles. The van der Waals surface area contributed by atoms with Gasteiger partial charge < -0.3 is 14.2 Å². The van der Waals surface area contributed by atoms with Crippen LogP contribution < -0.4 is 4.74 Å². The van der Waals surface area contributed by atoms with Gasteiger partial charge in [-0.3, -0.25) is 9.69 Å². The minimum Gasteiger partial charge on any atom is -0.482 e. The summed E-state index contributed by atoms with van der Waals surface area (Å²) in [5.74, 6) is -0.390. The number of nitrogens with zero attached hydrogens (tertiary/aromatic N) is 2. The summed E-state index contributed by atoms with van der Waals surface area (Å²) in [6.45, 7) is 7.00. The lowest BCUT2D eigenvalue weighted by Crippen LogP contribution is -2.47. The Morgan fingerprint density at radius 2 is 2.03 bits per heavy atom. The summed E-state index contributed by atoms with van der Waals surface area (Å²) >= 11 is 6.16. The number of ether oxygens (including phenoxy) is 3. The molecule has 2 aromatic rings. The molecule has 0 bridgehead atoms. The van der Waals surface area contributed by atoms with Crippen molar-refractivity contribution in [3.63, 3.8) is 0 Å². The summed E-state index contributed by atoms with van der Waals surface area (Å²) in [4.78, 5) is 44.6. The van der Waals surface area contributed by atoms with Crippen LogP contribution in [0.4, 0.5) is 4.79 Å². The molecule has 0 aliphatic carbocycles. The van der Waals surface area contributed by atoms with Gasteiger partial charge in [0.1, 0.15) is 17.2 Å². The summed E-state index contributed by atoms with van der Waals surface area (Å²) in [5.41, 5.74) is -0.216. The molecule has 170 valence electrons. The molecule has 2 aliphatic heterocycles. The van der Waals surface area contributed by atoms with Crippen LogP contribution in [0.2, 0.25) is 5.02 Å². The second-order valence-electron chi connectivity index (χ2n) is 9.30. The number of carbonyl (C=O) groups is 3. The van der Waals surface area contributed by atoms with Gasteiger partial charge in [0.2, 0.25) is 0 Å². The summed E-state index contributed by atoms with van der Waals surface area (Å²) in [6, 6.07) is 4.25. The number of Topliss-reactive ketones (excluding diaryl/α,β-unsaturated/α-hetero) is 1. The zero-order valence-electron chi connectivity index (χ0n) is 18.7. The molecule has 0 saturated carbocycles. The molecule has 3 heterocycles. The van der Waals surface area contributed by atoms with Crippen molar-refractivity contribution in [1.82, 2.24) is 9.88 Å². The third-order valence-electron chi connectivity index (χ3n) is 5.65. The summed E-state index contributed by atoms with van der Waals surface area (Å²) in [7, 11) is 1.26. The largest absolute Gasteiger partial charge is 0.482 e.